The lowest BCUT2D eigenvalue weighted by Gasteiger charge is -2.09. The van der Waals surface area contributed by atoms with Crippen LogP contribution in [0.1, 0.15) is 11.4 Å². The summed E-state index contributed by atoms with van der Waals surface area (Å²) in [5.41, 5.74) is 4.04. The highest BCUT2D eigenvalue weighted by Gasteiger charge is 2.19. The van der Waals surface area contributed by atoms with Gasteiger partial charge in [-0.25, -0.2) is 0 Å². The molecule has 0 aliphatic carbocycles. The minimum atomic E-state index is -0.171. The summed E-state index contributed by atoms with van der Waals surface area (Å²) in [6.45, 7) is 1.93. The molecule has 4 aromatic rings. The second-order valence-corrected chi connectivity index (χ2v) is 7.21. The standard InChI is InChI=1S/C20H17BrN4O2/c1-12-19(13-7-9-14(21)10-8-13)20(25(2)23-12)22-18(26)11-16-15-5-3-4-6-17(15)27-24-16/h3-10H,11H2,1-2H3,(H,22,26). The molecule has 6 nitrogen and oxygen atoms in total. The third-order valence-corrected chi connectivity index (χ3v) is 4.92. The van der Waals surface area contributed by atoms with E-state index in [1.165, 1.54) is 0 Å². The Bertz CT molecular complexity index is 1130. The Balaban J connectivity index is 1.62. The fourth-order valence-electron chi connectivity index (χ4n) is 3.16. The maximum atomic E-state index is 12.7. The van der Waals surface area contributed by atoms with Crippen LogP contribution in [-0.4, -0.2) is 20.8 Å². The number of aryl methyl sites for hydroxylation is 2. The van der Waals surface area contributed by atoms with Gasteiger partial charge in [0, 0.05) is 22.5 Å². The first-order valence-electron chi connectivity index (χ1n) is 8.45. The number of carbonyl (C=O) groups excluding carboxylic acids is 1. The van der Waals surface area contributed by atoms with Gasteiger partial charge >= 0.3 is 0 Å². The lowest BCUT2D eigenvalue weighted by molar-refractivity contribution is -0.115. The summed E-state index contributed by atoms with van der Waals surface area (Å²) in [5.74, 6) is 0.489. The molecule has 0 saturated carbocycles. The number of aromatic nitrogens is 3. The summed E-state index contributed by atoms with van der Waals surface area (Å²) < 4.78 is 7.96. The van der Waals surface area contributed by atoms with Crippen molar-refractivity contribution in [1.82, 2.24) is 14.9 Å². The van der Waals surface area contributed by atoms with Crippen molar-refractivity contribution in [2.24, 2.45) is 7.05 Å². The molecule has 2 aromatic heterocycles. The Morgan fingerprint density at radius 1 is 1.19 bits per heavy atom. The predicted molar refractivity (Wildman–Crippen MR) is 107 cm³/mol. The highest BCUT2D eigenvalue weighted by molar-refractivity contribution is 9.10. The van der Waals surface area contributed by atoms with Gasteiger partial charge in [-0.2, -0.15) is 5.10 Å². The maximum absolute atomic E-state index is 12.7. The number of para-hydroxylation sites is 1. The number of nitrogens with one attached hydrogen (secondary N) is 1. The summed E-state index contributed by atoms with van der Waals surface area (Å²) in [7, 11) is 1.82. The van der Waals surface area contributed by atoms with E-state index >= 15 is 0 Å². The van der Waals surface area contributed by atoms with Crippen molar-refractivity contribution in [2.75, 3.05) is 5.32 Å². The largest absolute Gasteiger partial charge is 0.356 e. The van der Waals surface area contributed by atoms with E-state index in [-0.39, 0.29) is 12.3 Å². The number of halogens is 1. The number of nitrogens with zero attached hydrogens (tertiary/aromatic N) is 3. The van der Waals surface area contributed by atoms with Gasteiger partial charge in [-0.1, -0.05) is 45.4 Å². The zero-order chi connectivity index (χ0) is 19.0. The van der Waals surface area contributed by atoms with Crippen LogP contribution in [0.4, 0.5) is 5.82 Å². The van der Waals surface area contributed by atoms with Crippen molar-refractivity contribution in [3.05, 3.63) is 64.4 Å². The minimum absolute atomic E-state index is 0.126. The highest BCUT2D eigenvalue weighted by Crippen LogP contribution is 2.32. The van der Waals surface area contributed by atoms with Gasteiger partial charge in [0.1, 0.15) is 11.5 Å². The molecule has 0 bridgehead atoms. The number of benzene rings is 2. The first-order chi connectivity index (χ1) is 13.0. The van der Waals surface area contributed by atoms with E-state index in [2.05, 4.69) is 31.5 Å². The van der Waals surface area contributed by atoms with Crippen molar-refractivity contribution in [2.45, 2.75) is 13.3 Å². The van der Waals surface area contributed by atoms with Crippen LogP contribution in [0.25, 0.3) is 22.1 Å². The molecule has 0 unspecified atom stereocenters. The molecular weight excluding hydrogens is 408 g/mol. The van der Waals surface area contributed by atoms with Crippen molar-refractivity contribution >= 4 is 38.6 Å². The molecule has 0 aliphatic heterocycles. The fraction of sp³-hybridized carbons (Fsp3) is 0.150. The van der Waals surface area contributed by atoms with Gasteiger partial charge in [0.15, 0.2) is 5.58 Å². The van der Waals surface area contributed by atoms with Crippen LogP contribution in [0.15, 0.2) is 57.5 Å². The van der Waals surface area contributed by atoms with E-state index in [9.17, 15) is 4.79 Å². The van der Waals surface area contributed by atoms with Gasteiger partial charge in [-0.05, 0) is 36.8 Å². The molecule has 7 heteroatoms. The van der Waals surface area contributed by atoms with Crippen molar-refractivity contribution in [3.8, 4) is 11.1 Å². The van der Waals surface area contributed by atoms with Crippen LogP contribution < -0.4 is 5.32 Å². The fourth-order valence-corrected chi connectivity index (χ4v) is 3.42. The third-order valence-electron chi connectivity index (χ3n) is 4.39. The summed E-state index contributed by atoms with van der Waals surface area (Å²) in [6.07, 6.45) is 0.126. The highest BCUT2D eigenvalue weighted by atomic mass is 79.9. The van der Waals surface area contributed by atoms with Gasteiger partial charge < -0.3 is 9.84 Å². The van der Waals surface area contributed by atoms with Crippen LogP contribution in [0, 0.1) is 6.92 Å². The number of amides is 1. The average Bonchev–Trinajstić information content (AvgIpc) is 3.17. The van der Waals surface area contributed by atoms with Crippen LogP contribution in [0.3, 0.4) is 0 Å². The van der Waals surface area contributed by atoms with Gasteiger partial charge in [0.25, 0.3) is 0 Å². The lowest BCUT2D eigenvalue weighted by atomic mass is 10.1. The molecule has 0 spiro atoms. The number of hydrogen-bond acceptors (Lipinski definition) is 4. The molecule has 4 rings (SSSR count). The van der Waals surface area contributed by atoms with Crippen LogP contribution >= 0.6 is 15.9 Å². The predicted octanol–water partition coefficient (Wildman–Crippen LogP) is 4.48. The van der Waals surface area contributed by atoms with E-state index in [0.29, 0.717) is 17.1 Å². The van der Waals surface area contributed by atoms with Crippen LogP contribution in [0.5, 0.6) is 0 Å². The third kappa shape index (κ3) is 3.38. The van der Waals surface area contributed by atoms with E-state index < -0.39 is 0 Å². The second kappa shape index (κ2) is 7.00. The quantitative estimate of drug-likeness (QED) is 0.523. The Hall–Kier alpha value is -2.93. The number of fused-ring (bicyclic) bond motifs is 1. The van der Waals surface area contributed by atoms with E-state index in [0.717, 1.165) is 26.7 Å². The average molecular weight is 425 g/mol. The normalized spacial score (nSPS) is 11.1. The Kier molecular flexibility index (Phi) is 4.53. The van der Waals surface area contributed by atoms with Crippen LogP contribution in [-0.2, 0) is 18.3 Å². The number of hydrogen-bond donors (Lipinski definition) is 1. The summed E-state index contributed by atoms with van der Waals surface area (Å²) >= 11 is 3.45. The second-order valence-electron chi connectivity index (χ2n) is 6.29. The number of anilines is 1. The van der Waals surface area contributed by atoms with Crippen LogP contribution in [0.2, 0.25) is 0 Å². The first-order valence-corrected chi connectivity index (χ1v) is 9.25. The Labute approximate surface area is 164 Å². The van der Waals surface area contributed by atoms with Crippen molar-refractivity contribution < 1.29 is 9.32 Å². The Morgan fingerprint density at radius 3 is 2.70 bits per heavy atom. The molecule has 0 atom stereocenters. The van der Waals surface area contributed by atoms with Gasteiger partial charge in [0.2, 0.25) is 5.91 Å². The monoisotopic (exact) mass is 424 g/mol. The zero-order valence-electron chi connectivity index (χ0n) is 14.9. The molecule has 0 fully saturated rings. The smallest absolute Gasteiger partial charge is 0.231 e. The number of carbonyl (C=O) groups is 1. The lowest BCUT2D eigenvalue weighted by Crippen LogP contribution is -2.17. The molecule has 136 valence electrons. The van der Waals surface area contributed by atoms with E-state index in [1.54, 1.807) is 4.68 Å². The summed E-state index contributed by atoms with van der Waals surface area (Å²) in [5, 5.41) is 12.3. The maximum Gasteiger partial charge on any atom is 0.231 e. The summed E-state index contributed by atoms with van der Waals surface area (Å²) in [6, 6.07) is 15.4. The first kappa shape index (κ1) is 17.5. The van der Waals surface area contributed by atoms with E-state index in [4.69, 9.17) is 4.52 Å². The molecule has 2 heterocycles. The SMILES string of the molecule is Cc1nn(C)c(NC(=O)Cc2noc3ccccc23)c1-c1ccc(Br)cc1. The van der Waals surface area contributed by atoms with Gasteiger partial charge in [-0.15, -0.1) is 0 Å². The van der Waals surface area contributed by atoms with Gasteiger partial charge in [-0.3, -0.25) is 9.48 Å². The molecule has 1 amide bonds. The Morgan fingerprint density at radius 2 is 1.93 bits per heavy atom. The minimum Gasteiger partial charge on any atom is -0.356 e. The summed E-state index contributed by atoms with van der Waals surface area (Å²) in [4.78, 5) is 12.7. The molecule has 0 saturated heterocycles. The molecule has 2 aromatic carbocycles. The number of rotatable bonds is 4. The molecule has 0 radical (unpaired) electrons. The van der Waals surface area contributed by atoms with E-state index in [1.807, 2.05) is 62.5 Å². The van der Waals surface area contributed by atoms with Gasteiger partial charge in [0.05, 0.1) is 12.1 Å². The molecule has 0 aliphatic rings. The topological polar surface area (TPSA) is 73.0 Å². The van der Waals surface area contributed by atoms with Crippen molar-refractivity contribution in [3.63, 3.8) is 0 Å². The zero-order valence-corrected chi connectivity index (χ0v) is 16.4. The van der Waals surface area contributed by atoms with Crippen molar-refractivity contribution in [1.29, 1.82) is 0 Å². The molecule has 27 heavy (non-hydrogen) atoms. The molecular formula is C20H17BrN4O2. The molecule has 1 N–H and O–H groups in total.